The maximum atomic E-state index is 12.0. The normalized spacial score (nSPS) is 16.2. The fourth-order valence-electron chi connectivity index (χ4n) is 2.62. The van der Waals surface area contributed by atoms with Crippen molar-refractivity contribution >= 4 is 27.6 Å². The molecule has 0 atom stereocenters. The van der Waals surface area contributed by atoms with E-state index < -0.39 is 10.0 Å². The number of ether oxygens (including phenoxy) is 1. The number of benzene rings is 1. The molecule has 0 unspecified atom stereocenters. The molecule has 0 saturated heterocycles. The van der Waals surface area contributed by atoms with Crippen molar-refractivity contribution in [3.05, 3.63) is 29.3 Å². The van der Waals surface area contributed by atoms with Crippen LogP contribution >= 0.6 is 11.6 Å². The summed E-state index contributed by atoms with van der Waals surface area (Å²) < 4.78 is 31.7. The molecule has 1 N–H and O–H groups in total. The van der Waals surface area contributed by atoms with Crippen molar-refractivity contribution in [2.45, 2.75) is 43.4 Å². The molecule has 0 spiro atoms. The minimum absolute atomic E-state index is 0.0223. The van der Waals surface area contributed by atoms with Crippen LogP contribution < -0.4 is 4.72 Å². The number of sulfonamides is 1. The minimum Gasteiger partial charge on any atom is -0.465 e. The fraction of sp³-hybridized carbons (Fsp3) is 0.562. The second-order valence-electron chi connectivity index (χ2n) is 5.79. The van der Waals surface area contributed by atoms with Gasteiger partial charge in [-0.05, 0) is 43.0 Å². The summed E-state index contributed by atoms with van der Waals surface area (Å²) in [6.45, 7) is 0.469. The van der Waals surface area contributed by atoms with Crippen molar-refractivity contribution < 1.29 is 17.9 Å². The lowest BCUT2D eigenvalue weighted by Crippen LogP contribution is -2.27. The maximum Gasteiger partial charge on any atom is 0.307 e. The number of rotatable bonds is 7. The zero-order chi connectivity index (χ0) is 16.7. The minimum atomic E-state index is -3.62. The van der Waals surface area contributed by atoms with E-state index in [4.69, 9.17) is 16.3 Å². The summed E-state index contributed by atoms with van der Waals surface area (Å²) in [4.78, 5) is 11.8. The molecule has 0 aliphatic heterocycles. The van der Waals surface area contributed by atoms with Crippen LogP contribution in [-0.2, 0) is 19.6 Å². The average Bonchev–Trinajstić information content (AvgIpc) is 2.54. The monoisotopic (exact) mass is 359 g/mol. The van der Waals surface area contributed by atoms with Crippen LogP contribution in [0.4, 0.5) is 0 Å². The molecule has 1 saturated carbocycles. The van der Waals surface area contributed by atoms with Crippen molar-refractivity contribution in [2.75, 3.05) is 13.2 Å². The maximum absolute atomic E-state index is 12.0. The zero-order valence-corrected chi connectivity index (χ0v) is 14.5. The van der Waals surface area contributed by atoms with Crippen LogP contribution in [0.2, 0.25) is 5.02 Å². The van der Waals surface area contributed by atoms with E-state index in [2.05, 4.69) is 4.72 Å². The highest BCUT2D eigenvalue weighted by Crippen LogP contribution is 2.23. The predicted octanol–water partition coefficient (Wildman–Crippen LogP) is 3.13. The molecule has 0 bridgehead atoms. The lowest BCUT2D eigenvalue weighted by atomic mass is 9.90. The first-order chi connectivity index (χ1) is 11.0. The summed E-state index contributed by atoms with van der Waals surface area (Å²) in [6.07, 6.45) is 5.90. The number of nitrogens with one attached hydrogen (secondary N) is 1. The van der Waals surface area contributed by atoms with Crippen molar-refractivity contribution in [3.63, 3.8) is 0 Å². The van der Waals surface area contributed by atoms with Gasteiger partial charge in [0.1, 0.15) is 0 Å². The lowest BCUT2D eigenvalue weighted by Gasteiger charge is -2.21. The Morgan fingerprint density at radius 3 is 2.48 bits per heavy atom. The van der Waals surface area contributed by atoms with E-state index in [0.717, 1.165) is 12.8 Å². The van der Waals surface area contributed by atoms with E-state index in [9.17, 15) is 13.2 Å². The van der Waals surface area contributed by atoms with E-state index >= 15 is 0 Å². The van der Waals surface area contributed by atoms with Gasteiger partial charge in [-0.25, -0.2) is 13.1 Å². The molecule has 1 fully saturated rings. The van der Waals surface area contributed by atoms with Gasteiger partial charge in [0.2, 0.25) is 10.0 Å². The molecular weight excluding hydrogens is 338 g/mol. The summed E-state index contributed by atoms with van der Waals surface area (Å²) in [5.74, 6) is 0.0906. The first-order valence-electron chi connectivity index (χ1n) is 7.88. The Kier molecular flexibility index (Phi) is 6.87. The van der Waals surface area contributed by atoms with Crippen LogP contribution in [0, 0.1) is 5.92 Å². The van der Waals surface area contributed by atoms with Gasteiger partial charge in [0.25, 0.3) is 0 Å². The van der Waals surface area contributed by atoms with E-state index in [1.54, 1.807) is 0 Å². The molecule has 128 valence electrons. The molecule has 0 radical (unpaired) electrons. The second kappa shape index (κ2) is 8.66. The average molecular weight is 360 g/mol. The van der Waals surface area contributed by atoms with Crippen molar-refractivity contribution in [2.24, 2.45) is 5.92 Å². The highest BCUT2D eigenvalue weighted by molar-refractivity contribution is 7.89. The lowest BCUT2D eigenvalue weighted by molar-refractivity contribution is -0.145. The molecular formula is C16H22ClNO4S. The summed E-state index contributed by atoms with van der Waals surface area (Å²) in [5, 5.41) is 0.468. The number of hydrogen-bond donors (Lipinski definition) is 1. The fourth-order valence-corrected chi connectivity index (χ4v) is 3.78. The SMILES string of the molecule is O=C(CCNS(=O)(=O)c1ccc(Cl)cc1)OCC1CCCCC1. The third kappa shape index (κ3) is 6.12. The number of esters is 1. The molecule has 1 aromatic carbocycles. The van der Waals surface area contributed by atoms with Gasteiger partial charge in [0.15, 0.2) is 0 Å². The number of carbonyl (C=O) groups excluding carboxylic acids is 1. The van der Waals surface area contributed by atoms with Crippen LogP contribution in [-0.4, -0.2) is 27.5 Å². The first-order valence-corrected chi connectivity index (χ1v) is 9.74. The van der Waals surface area contributed by atoms with Gasteiger partial charge in [0, 0.05) is 11.6 Å². The van der Waals surface area contributed by atoms with Gasteiger partial charge in [0.05, 0.1) is 17.9 Å². The van der Waals surface area contributed by atoms with Gasteiger partial charge in [-0.1, -0.05) is 30.9 Å². The summed E-state index contributed by atoms with van der Waals surface area (Å²) in [7, 11) is -3.62. The molecule has 1 aliphatic carbocycles. The first kappa shape index (κ1) is 18.2. The van der Waals surface area contributed by atoms with Crippen LogP contribution in [0.25, 0.3) is 0 Å². The van der Waals surface area contributed by atoms with Crippen molar-refractivity contribution in [1.82, 2.24) is 4.72 Å². The smallest absolute Gasteiger partial charge is 0.307 e. The van der Waals surface area contributed by atoms with Gasteiger partial charge < -0.3 is 4.74 Å². The van der Waals surface area contributed by atoms with Crippen molar-refractivity contribution in [3.8, 4) is 0 Å². The Morgan fingerprint density at radius 2 is 1.83 bits per heavy atom. The Balaban J connectivity index is 1.70. The largest absolute Gasteiger partial charge is 0.465 e. The third-order valence-corrected chi connectivity index (χ3v) is 5.68. The second-order valence-corrected chi connectivity index (χ2v) is 7.99. The molecule has 2 rings (SSSR count). The molecule has 0 heterocycles. The van der Waals surface area contributed by atoms with Crippen LogP contribution in [0.1, 0.15) is 38.5 Å². The summed E-state index contributed by atoms with van der Waals surface area (Å²) in [5.41, 5.74) is 0. The van der Waals surface area contributed by atoms with Crippen LogP contribution in [0.5, 0.6) is 0 Å². The topological polar surface area (TPSA) is 72.5 Å². The number of carbonyl (C=O) groups is 1. The van der Waals surface area contributed by atoms with Gasteiger partial charge >= 0.3 is 5.97 Å². The third-order valence-electron chi connectivity index (χ3n) is 3.95. The van der Waals surface area contributed by atoms with Gasteiger partial charge in [-0.2, -0.15) is 0 Å². The van der Waals surface area contributed by atoms with E-state index in [1.165, 1.54) is 43.5 Å². The highest BCUT2D eigenvalue weighted by atomic mass is 35.5. The summed E-state index contributed by atoms with van der Waals surface area (Å²) >= 11 is 5.73. The molecule has 1 aliphatic rings. The molecule has 0 aromatic heterocycles. The number of hydrogen-bond acceptors (Lipinski definition) is 4. The standard InChI is InChI=1S/C16H22ClNO4S/c17-14-6-8-15(9-7-14)23(20,21)18-11-10-16(19)22-12-13-4-2-1-3-5-13/h6-9,13,18H,1-5,10-12H2. The van der Waals surface area contributed by atoms with E-state index in [1.807, 2.05) is 0 Å². The van der Waals surface area contributed by atoms with Crippen LogP contribution in [0.3, 0.4) is 0 Å². The highest BCUT2D eigenvalue weighted by Gasteiger charge is 2.17. The van der Waals surface area contributed by atoms with Crippen molar-refractivity contribution in [1.29, 1.82) is 0 Å². The molecule has 23 heavy (non-hydrogen) atoms. The molecule has 7 heteroatoms. The van der Waals surface area contributed by atoms with E-state index in [0.29, 0.717) is 17.5 Å². The molecule has 0 amide bonds. The predicted molar refractivity (Wildman–Crippen MR) is 88.8 cm³/mol. The van der Waals surface area contributed by atoms with Gasteiger partial charge in [-0.3, -0.25) is 4.79 Å². The summed E-state index contributed by atoms with van der Waals surface area (Å²) in [6, 6.07) is 5.86. The van der Waals surface area contributed by atoms with E-state index in [-0.39, 0.29) is 23.8 Å². The Labute approximate surface area is 142 Å². The van der Waals surface area contributed by atoms with Gasteiger partial charge in [-0.15, -0.1) is 0 Å². The zero-order valence-electron chi connectivity index (χ0n) is 13.0. The molecule has 1 aromatic rings. The Morgan fingerprint density at radius 1 is 1.17 bits per heavy atom. The quantitative estimate of drug-likeness (QED) is 0.759. The number of halogens is 1. The molecule has 5 nitrogen and oxygen atoms in total. The Bertz CT molecular complexity index is 609. The Hall–Kier alpha value is -1.11. The van der Waals surface area contributed by atoms with Crippen LogP contribution in [0.15, 0.2) is 29.2 Å².